The number of hydrogen-bond donors (Lipinski definition) is 0. The number of thiazole rings is 1. The molecule has 0 saturated heterocycles. The first-order valence-corrected chi connectivity index (χ1v) is 6.11. The van der Waals surface area contributed by atoms with Crippen molar-refractivity contribution in [3.8, 4) is 0 Å². The summed E-state index contributed by atoms with van der Waals surface area (Å²) in [6.07, 6.45) is 8.44. The largest absolute Gasteiger partial charge is 0.250 e. The Hall–Kier alpha value is -0.370. The van der Waals surface area contributed by atoms with Crippen LogP contribution >= 0.6 is 11.3 Å². The van der Waals surface area contributed by atoms with E-state index in [0.29, 0.717) is 0 Å². The van der Waals surface area contributed by atoms with Crippen LogP contribution in [0.15, 0.2) is 11.6 Å². The Labute approximate surface area is 86.2 Å². The molecule has 1 aromatic heterocycles. The Kier molecular flexibility index (Phi) is 9.44. The standard InChI is InChI=1S/C6H14.C5H7NS/c1-3-5-6-4-2;1-2-5-6-3-4-7-5/h3-6H2,1-2H3;3-4H,2H2,1H3. The molecule has 0 aliphatic rings. The molecule has 13 heavy (non-hydrogen) atoms. The Morgan fingerprint density at radius 3 is 2.00 bits per heavy atom. The monoisotopic (exact) mass is 199 g/mol. The summed E-state index contributed by atoms with van der Waals surface area (Å²) in [7, 11) is 0. The minimum absolute atomic E-state index is 1.07. The zero-order chi connectivity index (χ0) is 9.94. The van der Waals surface area contributed by atoms with Crippen LogP contribution in [0.4, 0.5) is 0 Å². The summed E-state index contributed by atoms with van der Waals surface area (Å²) >= 11 is 1.71. The van der Waals surface area contributed by atoms with Gasteiger partial charge in [-0.2, -0.15) is 0 Å². The number of aryl methyl sites for hydroxylation is 1. The van der Waals surface area contributed by atoms with Crippen LogP contribution in [0.1, 0.15) is 51.5 Å². The highest BCUT2D eigenvalue weighted by atomic mass is 32.1. The van der Waals surface area contributed by atoms with Crippen molar-refractivity contribution in [3.63, 3.8) is 0 Å². The molecule has 0 N–H and O–H groups in total. The molecular weight excluding hydrogens is 178 g/mol. The first-order chi connectivity index (χ1) is 6.35. The van der Waals surface area contributed by atoms with Gasteiger partial charge in [0.25, 0.3) is 0 Å². The molecule has 1 aromatic rings. The summed E-state index contributed by atoms with van der Waals surface area (Å²) in [5.74, 6) is 0. The van der Waals surface area contributed by atoms with Gasteiger partial charge in [-0.15, -0.1) is 11.3 Å². The highest BCUT2D eigenvalue weighted by Gasteiger charge is 1.84. The molecule has 0 saturated carbocycles. The van der Waals surface area contributed by atoms with Crippen LogP contribution < -0.4 is 0 Å². The van der Waals surface area contributed by atoms with E-state index in [4.69, 9.17) is 0 Å². The van der Waals surface area contributed by atoms with Gasteiger partial charge in [-0.1, -0.05) is 46.5 Å². The summed E-state index contributed by atoms with van der Waals surface area (Å²) in [6.45, 7) is 6.57. The van der Waals surface area contributed by atoms with Gasteiger partial charge in [0.1, 0.15) is 0 Å². The SMILES string of the molecule is CCCCCC.CCc1nccs1. The van der Waals surface area contributed by atoms with Gasteiger partial charge < -0.3 is 0 Å². The van der Waals surface area contributed by atoms with E-state index in [1.807, 2.05) is 11.6 Å². The summed E-state index contributed by atoms with van der Waals surface area (Å²) in [6, 6.07) is 0. The summed E-state index contributed by atoms with van der Waals surface area (Å²) in [5.41, 5.74) is 0. The second-order valence-corrected chi connectivity index (χ2v) is 3.97. The maximum atomic E-state index is 4.05. The lowest BCUT2D eigenvalue weighted by Gasteiger charge is -1.86. The molecule has 0 aliphatic carbocycles. The van der Waals surface area contributed by atoms with E-state index >= 15 is 0 Å². The van der Waals surface area contributed by atoms with E-state index in [9.17, 15) is 0 Å². The summed E-state index contributed by atoms with van der Waals surface area (Å²) in [4.78, 5) is 4.05. The molecule has 0 radical (unpaired) electrons. The number of hydrogen-bond acceptors (Lipinski definition) is 2. The maximum absolute atomic E-state index is 4.05. The molecule has 1 nitrogen and oxygen atoms in total. The van der Waals surface area contributed by atoms with Crippen molar-refractivity contribution in [1.29, 1.82) is 0 Å². The highest BCUT2D eigenvalue weighted by Crippen LogP contribution is 2.02. The van der Waals surface area contributed by atoms with E-state index in [2.05, 4.69) is 25.8 Å². The van der Waals surface area contributed by atoms with E-state index in [-0.39, 0.29) is 0 Å². The number of rotatable bonds is 4. The Morgan fingerprint density at radius 1 is 1.15 bits per heavy atom. The van der Waals surface area contributed by atoms with Crippen molar-refractivity contribution in [2.75, 3.05) is 0 Å². The molecule has 1 heterocycles. The summed E-state index contributed by atoms with van der Waals surface area (Å²) < 4.78 is 0. The molecule has 76 valence electrons. The van der Waals surface area contributed by atoms with Crippen molar-refractivity contribution >= 4 is 11.3 Å². The number of unbranched alkanes of at least 4 members (excludes halogenated alkanes) is 3. The topological polar surface area (TPSA) is 12.9 Å². The van der Waals surface area contributed by atoms with Crippen LogP contribution in [-0.4, -0.2) is 4.98 Å². The van der Waals surface area contributed by atoms with Gasteiger partial charge in [0, 0.05) is 11.6 Å². The van der Waals surface area contributed by atoms with Crippen molar-refractivity contribution in [2.24, 2.45) is 0 Å². The van der Waals surface area contributed by atoms with Crippen LogP contribution in [-0.2, 0) is 6.42 Å². The van der Waals surface area contributed by atoms with E-state index in [0.717, 1.165) is 6.42 Å². The van der Waals surface area contributed by atoms with Gasteiger partial charge in [-0.25, -0.2) is 4.98 Å². The predicted molar refractivity (Wildman–Crippen MR) is 61.3 cm³/mol. The highest BCUT2D eigenvalue weighted by molar-refractivity contribution is 7.09. The van der Waals surface area contributed by atoms with Gasteiger partial charge in [-0.3, -0.25) is 0 Å². The second-order valence-electron chi connectivity index (χ2n) is 2.99. The number of aromatic nitrogens is 1. The first-order valence-electron chi connectivity index (χ1n) is 5.23. The lowest BCUT2D eigenvalue weighted by Crippen LogP contribution is -1.70. The normalized spacial score (nSPS) is 9.15. The molecule has 0 aromatic carbocycles. The molecule has 0 amide bonds. The van der Waals surface area contributed by atoms with Crippen LogP contribution in [0, 0.1) is 0 Å². The van der Waals surface area contributed by atoms with E-state index < -0.39 is 0 Å². The smallest absolute Gasteiger partial charge is 0.0922 e. The third-order valence-electron chi connectivity index (χ3n) is 1.74. The molecular formula is C11H21NS. The van der Waals surface area contributed by atoms with E-state index in [1.165, 1.54) is 30.7 Å². The Balaban J connectivity index is 0.000000226. The third-order valence-corrected chi connectivity index (χ3v) is 2.67. The zero-order valence-electron chi connectivity index (χ0n) is 9.05. The first kappa shape index (κ1) is 12.6. The van der Waals surface area contributed by atoms with Gasteiger partial charge in [0.05, 0.1) is 5.01 Å². The van der Waals surface area contributed by atoms with Crippen molar-refractivity contribution in [1.82, 2.24) is 4.98 Å². The average Bonchev–Trinajstić information content (AvgIpc) is 2.68. The fraction of sp³-hybridized carbons (Fsp3) is 0.727. The second kappa shape index (κ2) is 9.72. The van der Waals surface area contributed by atoms with Crippen LogP contribution in [0.5, 0.6) is 0 Å². The maximum Gasteiger partial charge on any atom is 0.0922 e. The van der Waals surface area contributed by atoms with Crippen molar-refractivity contribution in [3.05, 3.63) is 16.6 Å². The van der Waals surface area contributed by atoms with Crippen LogP contribution in [0.3, 0.4) is 0 Å². The fourth-order valence-electron chi connectivity index (χ4n) is 0.928. The molecule has 0 spiro atoms. The molecule has 0 aliphatic heterocycles. The lowest BCUT2D eigenvalue weighted by molar-refractivity contribution is 0.702. The van der Waals surface area contributed by atoms with Crippen molar-refractivity contribution < 1.29 is 0 Å². The van der Waals surface area contributed by atoms with Gasteiger partial charge in [0.2, 0.25) is 0 Å². The van der Waals surface area contributed by atoms with Crippen LogP contribution in [0.25, 0.3) is 0 Å². The lowest BCUT2D eigenvalue weighted by atomic mass is 10.2. The predicted octanol–water partition coefficient (Wildman–Crippen LogP) is 4.29. The third kappa shape index (κ3) is 7.97. The minimum atomic E-state index is 1.07. The van der Waals surface area contributed by atoms with Gasteiger partial charge in [0.15, 0.2) is 0 Å². The molecule has 2 heteroatoms. The van der Waals surface area contributed by atoms with Crippen LogP contribution in [0.2, 0.25) is 0 Å². The summed E-state index contributed by atoms with van der Waals surface area (Å²) in [5, 5.41) is 3.22. The molecule has 1 rings (SSSR count). The number of nitrogens with zero attached hydrogens (tertiary/aromatic N) is 1. The quantitative estimate of drug-likeness (QED) is 0.659. The molecule has 0 bridgehead atoms. The molecule has 0 atom stereocenters. The van der Waals surface area contributed by atoms with Gasteiger partial charge >= 0.3 is 0 Å². The Bertz CT molecular complexity index is 166. The zero-order valence-corrected chi connectivity index (χ0v) is 9.86. The molecule has 0 unspecified atom stereocenters. The van der Waals surface area contributed by atoms with Gasteiger partial charge in [-0.05, 0) is 6.42 Å². The average molecular weight is 199 g/mol. The molecule has 0 fully saturated rings. The fourth-order valence-corrected chi connectivity index (χ4v) is 1.49. The Morgan fingerprint density at radius 2 is 1.77 bits per heavy atom. The minimum Gasteiger partial charge on any atom is -0.250 e. The van der Waals surface area contributed by atoms with E-state index in [1.54, 1.807) is 11.3 Å². The van der Waals surface area contributed by atoms with Crippen molar-refractivity contribution in [2.45, 2.75) is 52.9 Å².